The highest BCUT2D eigenvalue weighted by atomic mass is 32.1. The van der Waals surface area contributed by atoms with Crippen LogP contribution in [0.5, 0.6) is 0 Å². The van der Waals surface area contributed by atoms with Crippen LogP contribution in [0.25, 0.3) is 0 Å². The van der Waals surface area contributed by atoms with Crippen LogP contribution < -0.4 is 10.9 Å². The Kier molecular flexibility index (Phi) is 5.42. The fourth-order valence-electron chi connectivity index (χ4n) is 1.91. The van der Waals surface area contributed by atoms with E-state index in [-0.39, 0.29) is 12.1 Å². The molecule has 0 saturated heterocycles. The first kappa shape index (κ1) is 17.3. The van der Waals surface area contributed by atoms with Crippen molar-refractivity contribution in [1.29, 1.82) is 0 Å². The van der Waals surface area contributed by atoms with E-state index in [1.54, 1.807) is 0 Å². The molecular formula is C14H13N3O6S. The average Bonchev–Trinajstić information content (AvgIpc) is 3.07. The number of nitro groups is 1. The lowest BCUT2D eigenvalue weighted by molar-refractivity contribution is -0.386. The number of nitrogens with zero attached hydrogens (tertiary/aromatic N) is 2. The quantitative estimate of drug-likeness (QED) is 0.469. The number of amides is 1. The second-order valence-corrected chi connectivity index (χ2v) is 5.68. The standard InChI is InChI=1S/C14H13N3O6S/c1-23-14(20)9-5-11(17(21)22)13(19)16(7-9)8-12(18)15-6-10-3-2-4-24-10/h2-5,7H,6,8H2,1H3,(H,15,18). The van der Waals surface area contributed by atoms with Crippen LogP contribution >= 0.6 is 11.3 Å². The van der Waals surface area contributed by atoms with Crippen molar-refractivity contribution in [2.75, 3.05) is 7.11 Å². The molecule has 24 heavy (non-hydrogen) atoms. The normalized spacial score (nSPS) is 10.2. The first-order valence-corrected chi connectivity index (χ1v) is 7.56. The maximum atomic E-state index is 12.0. The Hall–Kier alpha value is -3.01. The molecule has 0 atom stereocenters. The highest BCUT2D eigenvalue weighted by Gasteiger charge is 2.21. The molecule has 2 aromatic heterocycles. The number of thiophene rings is 1. The Labute approximate surface area is 139 Å². The van der Waals surface area contributed by atoms with Gasteiger partial charge < -0.3 is 10.1 Å². The predicted molar refractivity (Wildman–Crippen MR) is 84.9 cm³/mol. The van der Waals surface area contributed by atoms with E-state index in [0.717, 1.165) is 28.8 Å². The SMILES string of the molecule is COC(=O)c1cc([N+](=O)[O-])c(=O)n(CC(=O)NCc2cccs2)c1. The second kappa shape index (κ2) is 7.51. The molecule has 126 valence electrons. The summed E-state index contributed by atoms with van der Waals surface area (Å²) >= 11 is 1.46. The Morgan fingerprint density at radius 1 is 1.46 bits per heavy atom. The topological polar surface area (TPSA) is 121 Å². The summed E-state index contributed by atoms with van der Waals surface area (Å²) in [5.41, 5.74) is -1.96. The van der Waals surface area contributed by atoms with E-state index in [4.69, 9.17) is 0 Å². The van der Waals surface area contributed by atoms with Gasteiger partial charge in [-0.25, -0.2) is 4.79 Å². The van der Waals surface area contributed by atoms with E-state index < -0.39 is 34.6 Å². The maximum absolute atomic E-state index is 12.0. The zero-order valence-electron chi connectivity index (χ0n) is 12.6. The summed E-state index contributed by atoms with van der Waals surface area (Å²) in [6.07, 6.45) is 1.06. The molecule has 0 unspecified atom stereocenters. The molecule has 2 aromatic rings. The van der Waals surface area contributed by atoms with Gasteiger partial charge in [-0.3, -0.25) is 24.3 Å². The molecule has 1 amide bonds. The molecule has 0 bridgehead atoms. The number of hydrogen-bond donors (Lipinski definition) is 1. The molecule has 0 saturated carbocycles. The van der Waals surface area contributed by atoms with Crippen LogP contribution in [0.3, 0.4) is 0 Å². The van der Waals surface area contributed by atoms with Gasteiger partial charge in [-0.1, -0.05) is 6.07 Å². The van der Waals surface area contributed by atoms with E-state index in [2.05, 4.69) is 10.1 Å². The first-order valence-electron chi connectivity index (χ1n) is 6.68. The molecule has 9 nitrogen and oxygen atoms in total. The van der Waals surface area contributed by atoms with Gasteiger partial charge in [-0.2, -0.15) is 0 Å². The van der Waals surface area contributed by atoms with Gasteiger partial charge in [0.15, 0.2) is 0 Å². The Morgan fingerprint density at radius 2 is 2.21 bits per heavy atom. The number of carbonyl (C=O) groups excluding carboxylic acids is 2. The van der Waals surface area contributed by atoms with E-state index in [1.165, 1.54) is 11.3 Å². The van der Waals surface area contributed by atoms with Crippen molar-refractivity contribution in [3.63, 3.8) is 0 Å². The zero-order valence-corrected chi connectivity index (χ0v) is 13.4. The van der Waals surface area contributed by atoms with Crippen LogP contribution in [0, 0.1) is 10.1 Å². The molecule has 1 N–H and O–H groups in total. The largest absolute Gasteiger partial charge is 0.465 e. The van der Waals surface area contributed by atoms with Gasteiger partial charge in [0.1, 0.15) is 6.54 Å². The molecule has 2 heterocycles. The molecular weight excluding hydrogens is 338 g/mol. The van der Waals surface area contributed by atoms with Gasteiger partial charge in [0.2, 0.25) is 5.91 Å². The minimum atomic E-state index is -0.973. The molecule has 0 aromatic carbocycles. The highest BCUT2D eigenvalue weighted by Crippen LogP contribution is 2.10. The van der Waals surface area contributed by atoms with Crippen LogP contribution in [0.15, 0.2) is 34.6 Å². The number of esters is 1. The van der Waals surface area contributed by atoms with E-state index in [1.807, 2.05) is 17.5 Å². The number of ether oxygens (including phenoxy) is 1. The van der Waals surface area contributed by atoms with Crippen molar-refractivity contribution in [2.24, 2.45) is 0 Å². The van der Waals surface area contributed by atoms with Crippen molar-refractivity contribution < 1.29 is 19.2 Å². The minimum absolute atomic E-state index is 0.185. The minimum Gasteiger partial charge on any atom is -0.465 e. The fraction of sp³-hybridized carbons (Fsp3) is 0.214. The van der Waals surface area contributed by atoms with Crippen LogP contribution in [0.1, 0.15) is 15.2 Å². The lowest BCUT2D eigenvalue weighted by Crippen LogP contribution is -2.33. The third kappa shape index (κ3) is 4.04. The van der Waals surface area contributed by atoms with Crippen molar-refractivity contribution in [3.05, 3.63) is 60.7 Å². The van der Waals surface area contributed by atoms with Gasteiger partial charge in [0.05, 0.1) is 24.1 Å². The lowest BCUT2D eigenvalue weighted by atomic mass is 10.2. The van der Waals surface area contributed by atoms with Gasteiger partial charge >= 0.3 is 17.2 Å². The van der Waals surface area contributed by atoms with Gasteiger partial charge in [-0.15, -0.1) is 11.3 Å². The third-order valence-electron chi connectivity index (χ3n) is 3.04. The van der Waals surface area contributed by atoms with Crippen LogP contribution in [0.2, 0.25) is 0 Å². The number of aromatic nitrogens is 1. The number of methoxy groups -OCH3 is 1. The Bertz CT molecular complexity index is 828. The highest BCUT2D eigenvalue weighted by molar-refractivity contribution is 7.09. The molecule has 0 radical (unpaired) electrons. The van der Waals surface area contributed by atoms with Gasteiger partial charge in [-0.05, 0) is 11.4 Å². The number of nitrogens with one attached hydrogen (secondary N) is 1. The summed E-state index contributed by atoms with van der Waals surface area (Å²) in [5, 5.41) is 15.4. The van der Waals surface area contributed by atoms with Crippen molar-refractivity contribution in [3.8, 4) is 0 Å². The van der Waals surface area contributed by atoms with E-state index in [0.29, 0.717) is 0 Å². The van der Waals surface area contributed by atoms with Crippen molar-refractivity contribution in [1.82, 2.24) is 9.88 Å². The first-order chi connectivity index (χ1) is 11.4. The molecule has 10 heteroatoms. The monoisotopic (exact) mass is 351 g/mol. The molecule has 0 aliphatic carbocycles. The lowest BCUT2D eigenvalue weighted by Gasteiger charge is -2.08. The average molecular weight is 351 g/mol. The summed E-state index contributed by atoms with van der Waals surface area (Å²) in [6, 6.07) is 4.49. The number of pyridine rings is 1. The van der Waals surface area contributed by atoms with Gasteiger partial charge in [0, 0.05) is 17.1 Å². The second-order valence-electron chi connectivity index (χ2n) is 4.65. The Morgan fingerprint density at radius 3 is 2.79 bits per heavy atom. The van der Waals surface area contributed by atoms with E-state index >= 15 is 0 Å². The third-order valence-corrected chi connectivity index (χ3v) is 3.92. The van der Waals surface area contributed by atoms with Gasteiger partial charge in [0.25, 0.3) is 0 Å². The van der Waals surface area contributed by atoms with Crippen LogP contribution in [0.4, 0.5) is 5.69 Å². The maximum Gasteiger partial charge on any atom is 0.339 e. The summed E-state index contributed by atoms with van der Waals surface area (Å²) in [6.45, 7) is -0.167. The van der Waals surface area contributed by atoms with Crippen LogP contribution in [-0.4, -0.2) is 28.5 Å². The van der Waals surface area contributed by atoms with E-state index in [9.17, 15) is 24.5 Å². The molecule has 0 aliphatic heterocycles. The smallest absolute Gasteiger partial charge is 0.339 e. The number of hydrogen-bond acceptors (Lipinski definition) is 7. The molecule has 2 rings (SSSR count). The molecule has 0 fully saturated rings. The zero-order chi connectivity index (χ0) is 17.7. The Balaban J connectivity index is 2.22. The summed E-state index contributed by atoms with van der Waals surface area (Å²) in [7, 11) is 1.11. The summed E-state index contributed by atoms with van der Waals surface area (Å²) < 4.78 is 5.30. The summed E-state index contributed by atoms with van der Waals surface area (Å²) in [5.74, 6) is -1.35. The fourth-order valence-corrected chi connectivity index (χ4v) is 2.55. The summed E-state index contributed by atoms with van der Waals surface area (Å²) in [4.78, 5) is 46.5. The number of rotatable bonds is 6. The van der Waals surface area contributed by atoms with Crippen molar-refractivity contribution in [2.45, 2.75) is 13.1 Å². The molecule has 0 spiro atoms. The molecule has 0 aliphatic rings. The van der Waals surface area contributed by atoms with Crippen molar-refractivity contribution >= 4 is 28.9 Å². The predicted octanol–water partition coefficient (Wildman–Crippen LogP) is 0.921. The van der Waals surface area contributed by atoms with Crippen LogP contribution in [-0.2, 0) is 22.6 Å². The number of carbonyl (C=O) groups is 2.